The van der Waals surface area contributed by atoms with Crippen molar-refractivity contribution in [1.82, 2.24) is 5.32 Å². The first-order valence-electron chi connectivity index (χ1n) is 8.47. The van der Waals surface area contributed by atoms with E-state index in [4.69, 9.17) is 4.74 Å². The van der Waals surface area contributed by atoms with Gasteiger partial charge in [0.1, 0.15) is 9.84 Å². The summed E-state index contributed by atoms with van der Waals surface area (Å²) in [6.45, 7) is 5.22. The Labute approximate surface area is 129 Å². The second-order valence-corrected chi connectivity index (χ2v) is 9.24. The van der Waals surface area contributed by atoms with Crippen molar-refractivity contribution in [3.63, 3.8) is 0 Å². The lowest BCUT2D eigenvalue weighted by Crippen LogP contribution is -2.51. The maximum atomic E-state index is 11.8. The molecule has 0 radical (unpaired) electrons. The molecule has 1 N–H and O–H groups in total. The fraction of sp³-hybridized carbons (Fsp3) is 1.00. The molecule has 0 bridgehead atoms. The minimum Gasteiger partial charge on any atom is -0.375 e. The van der Waals surface area contributed by atoms with Crippen LogP contribution in [-0.2, 0) is 14.6 Å². The predicted octanol–water partition coefficient (Wildman–Crippen LogP) is 2.67. The van der Waals surface area contributed by atoms with Gasteiger partial charge in [-0.3, -0.25) is 0 Å². The largest absolute Gasteiger partial charge is 0.375 e. The normalized spacial score (nSPS) is 33.8. The van der Waals surface area contributed by atoms with Crippen LogP contribution in [0.15, 0.2) is 0 Å². The van der Waals surface area contributed by atoms with Crippen molar-refractivity contribution in [1.29, 1.82) is 0 Å². The van der Waals surface area contributed by atoms with Gasteiger partial charge in [0.25, 0.3) is 0 Å². The van der Waals surface area contributed by atoms with Crippen LogP contribution in [-0.4, -0.2) is 44.2 Å². The van der Waals surface area contributed by atoms with Crippen LogP contribution in [0, 0.1) is 0 Å². The molecule has 1 heterocycles. The molecule has 5 heteroatoms. The molecule has 0 aromatic carbocycles. The van der Waals surface area contributed by atoms with Gasteiger partial charge in [-0.25, -0.2) is 8.42 Å². The van der Waals surface area contributed by atoms with Gasteiger partial charge in [-0.15, -0.1) is 0 Å². The molecule has 2 fully saturated rings. The SMILES string of the molecule is CCC1(CC)CC(NC2CCCC(S(C)(=O)=O)C2)CCO1. The maximum absolute atomic E-state index is 11.8. The Kier molecular flexibility index (Phi) is 5.71. The first-order valence-corrected chi connectivity index (χ1v) is 10.4. The number of rotatable bonds is 5. The summed E-state index contributed by atoms with van der Waals surface area (Å²) in [6.07, 6.45) is 9.33. The van der Waals surface area contributed by atoms with Crippen molar-refractivity contribution in [2.24, 2.45) is 0 Å². The van der Waals surface area contributed by atoms with E-state index in [1.807, 2.05) is 0 Å². The van der Waals surface area contributed by atoms with Crippen LogP contribution in [0.4, 0.5) is 0 Å². The highest BCUT2D eigenvalue weighted by molar-refractivity contribution is 7.91. The fourth-order valence-electron chi connectivity index (χ4n) is 3.93. The molecule has 1 aliphatic carbocycles. The monoisotopic (exact) mass is 317 g/mol. The first-order chi connectivity index (χ1) is 9.88. The third-order valence-electron chi connectivity index (χ3n) is 5.48. The molecule has 0 amide bonds. The van der Waals surface area contributed by atoms with Gasteiger partial charge in [-0.2, -0.15) is 0 Å². The van der Waals surface area contributed by atoms with Crippen molar-refractivity contribution in [2.45, 2.75) is 88.1 Å². The lowest BCUT2D eigenvalue weighted by Gasteiger charge is -2.42. The van der Waals surface area contributed by atoms with Gasteiger partial charge < -0.3 is 10.1 Å². The molecule has 1 aliphatic heterocycles. The average molecular weight is 317 g/mol. The molecule has 124 valence electrons. The average Bonchev–Trinajstić information content (AvgIpc) is 2.47. The van der Waals surface area contributed by atoms with Crippen LogP contribution < -0.4 is 5.32 Å². The molecule has 2 aliphatic rings. The van der Waals surface area contributed by atoms with Gasteiger partial charge in [-0.05, 0) is 44.9 Å². The van der Waals surface area contributed by atoms with Crippen molar-refractivity contribution in [2.75, 3.05) is 12.9 Å². The number of ether oxygens (including phenoxy) is 1. The molecule has 3 unspecified atom stereocenters. The van der Waals surface area contributed by atoms with E-state index in [1.165, 1.54) is 6.26 Å². The summed E-state index contributed by atoms with van der Waals surface area (Å²) >= 11 is 0. The first kappa shape index (κ1) is 17.2. The van der Waals surface area contributed by atoms with Crippen LogP contribution >= 0.6 is 0 Å². The molecule has 1 saturated heterocycles. The number of sulfone groups is 1. The molecule has 3 atom stereocenters. The Balaban J connectivity index is 1.92. The highest BCUT2D eigenvalue weighted by Gasteiger charge is 2.36. The standard InChI is InChI=1S/C16H31NO3S/c1-4-16(5-2)12-14(9-10-20-16)17-13-7-6-8-15(11-13)21(3,18)19/h13-15,17H,4-12H2,1-3H3. The molecular weight excluding hydrogens is 286 g/mol. The maximum Gasteiger partial charge on any atom is 0.150 e. The minimum absolute atomic E-state index is 0.0286. The Bertz CT molecular complexity index is 431. The molecule has 2 rings (SSSR count). The Morgan fingerprint density at radius 1 is 1.14 bits per heavy atom. The van der Waals surface area contributed by atoms with Gasteiger partial charge >= 0.3 is 0 Å². The van der Waals surface area contributed by atoms with Crippen LogP contribution in [0.1, 0.15) is 65.2 Å². The third-order valence-corrected chi connectivity index (χ3v) is 7.12. The van der Waals surface area contributed by atoms with Gasteiger partial charge in [0, 0.05) is 24.9 Å². The zero-order valence-electron chi connectivity index (χ0n) is 13.7. The molecule has 4 nitrogen and oxygen atoms in total. The van der Waals surface area contributed by atoms with E-state index in [-0.39, 0.29) is 10.9 Å². The summed E-state index contributed by atoms with van der Waals surface area (Å²) in [7, 11) is -2.90. The number of nitrogens with one attached hydrogen (secondary N) is 1. The zero-order chi connectivity index (χ0) is 15.5. The smallest absolute Gasteiger partial charge is 0.150 e. The highest BCUT2D eigenvalue weighted by Crippen LogP contribution is 2.32. The van der Waals surface area contributed by atoms with Gasteiger partial charge in [-0.1, -0.05) is 20.3 Å². The lowest BCUT2D eigenvalue weighted by molar-refractivity contribution is -0.0944. The molecule has 1 saturated carbocycles. The van der Waals surface area contributed by atoms with E-state index in [0.717, 1.165) is 58.0 Å². The van der Waals surface area contributed by atoms with E-state index in [1.54, 1.807) is 0 Å². The second kappa shape index (κ2) is 6.97. The molecular formula is C16H31NO3S. The Hall–Kier alpha value is -0.130. The predicted molar refractivity (Wildman–Crippen MR) is 86.3 cm³/mol. The molecule has 0 spiro atoms. The van der Waals surface area contributed by atoms with E-state index in [0.29, 0.717) is 12.1 Å². The van der Waals surface area contributed by atoms with Gasteiger partial charge in [0.2, 0.25) is 0 Å². The van der Waals surface area contributed by atoms with Crippen LogP contribution in [0.5, 0.6) is 0 Å². The summed E-state index contributed by atoms with van der Waals surface area (Å²) in [5.74, 6) is 0. The lowest BCUT2D eigenvalue weighted by atomic mass is 9.85. The zero-order valence-corrected chi connectivity index (χ0v) is 14.5. The fourth-order valence-corrected chi connectivity index (χ4v) is 5.11. The molecule has 0 aromatic rings. The second-order valence-electron chi connectivity index (χ2n) is 6.91. The van der Waals surface area contributed by atoms with Crippen molar-refractivity contribution >= 4 is 9.84 Å². The van der Waals surface area contributed by atoms with Crippen LogP contribution in [0.2, 0.25) is 0 Å². The van der Waals surface area contributed by atoms with Crippen LogP contribution in [0.3, 0.4) is 0 Å². The topological polar surface area (TPSA) is 55.4 Å². The quantitative estimate of drug-likeness (QED) is 0.847. The summed E-state index contributed by atoms with van der Waals surface area (Å²) in [4.78, 5) is 0. The molecule has 21 heavy (non-hydrogen) atoms. The minimum atomic E-state index is -2.90. The van der Waals surface area contributed by atoms with E-state index in [2.05, 4.69) is 19.2 Å². The van der Waals surface area contributed by atoms with E-state index >= 15 is 0 Å². The van der Waals surface area contributed by atoms with Crippen molar-refractivity contribution < 1.29 is 13.2 Å². The summed E-state index contributed by atoms with van der Waals surface area (Å²) < 4.78 is 29.6. The molecule has 0 aromatic heterocycles. The van der Waals surface area contributed by atoms with Gasteiger partial charge in [0.05, 0.1) is 10.9 Å². The third kappa shape index (κ3) is 4.42. The van der Waals surface area contributed by atoms with E-state index < -0.39 is 9.84 Å². The van der Waals surface area contributed by atoms with Crippen molar-refractivity contribution in [3.05, 3.63) is 0 Å². The number of hydrogen-bond acceptors (Lipinski definition) is 4. The summed E-state index contributed by atoms with van der Waals surface area (Å²) in [5, 5.41) is 3.59. The van der Waals surface area contributed by atoms with Gasteiger partial charge in [0.15, 0.2) is 0 Å². The van der Waals surface area contributed by atoms with Crippen LogP contribution in [0.25, 0.3) is 0 Å². The Morgan fingerprint density at radius 3 is 2.48 bits per heavy atom. The Morgan fingerprint density at radius 2 is 1.86 bits per heavy atom. The number of hydrogen-bond donors (Lipinski definition) is 1. The van der Waals surface area contributed by atoms with Crippen molar-refractivity contribution in [3.8, 4) is 0 Å². The van der Waals surface area contributed by atoms with E-state index in [9.17, 15) is 8.42 Å². The summed E-state index contributed by atoms with van der Waals surface area (Å²) in [6, 6.07) is 0.829. The summed E-state index contributed by atoms with van der Waals surface area (Å²) in [5.41, 5.74) is 0.0286. The highest BCUT2D eigenvalue weighted by atomic mass is 32.2.